The number of carbonyl (C=O) groups is 2. The molecule has 3 amide bonds. The standard InChI is InChI=1S/C21H25N3O4S/c1-5-16(4)22-20(25)13-23-18-8-6-7-9-19(18)29(27,28)24(21(23)26)17-11-14(2)10-15(3)12-17/h6-12,16H,5,13H2,1-4H3,(H,22,25)/t16-/m0/s1. The Morgan fingerprint density at radius 2 is 1.72 bits per heavy atom. The van der Waals surface area contributed by atoms with Gasteiger partial charge in [-0.1, -0.05) is 25.1 Å². The zero-order valence-electron chi connectivity index (χ0n) is 17.0. The average Bonchev–Trinajstić information content (AvgIpc) is 2.64. The average molecular weight is 416 g/mol. The van der Waals surface area contributed by atoms with E-state index in [9.17, 15) is 18.0 Å². The maximum Gasteiger partial charge on any atom is 0.343 e. The molecule has 0 aromatic heterocycles. The molecule has 0 unspecified atom stereocenters. The second kappa shape index (κ2) is 7.87. The predicted molar refractivity (Wildman–Crippen MR) is 113 cm³/mol. The number of hydrogen-bond acceptors (Lipinski definition) is 4. The van der Waals surface area contributed by atoms with Crippen molar-refractivity contribution in [2.75, 3.05) is 15.7 Å². The lowest BCUT2D eigenvalue weighted by atomic mass is 10.1. The van der Waals surface area contributed by atoms with Crippen molar-refractivity contribution in [3.05, 3.63) is 53.6 Å². The zero-order valence-corrected chi connectivity index (χ0v) is 17.8. The molecule has 8 heteroatoms. The van der Waals surface area contributed by atoms with E-state index in [-0.39, 0.29) is 34.8 Å². The number of para-hydroxylation sites is 1. The monoisotopic (exact) mass is 415 g/mol. The molecule has 0 spiro atoms. The van der Waals surface area contributed by atoms with E-state index in [2.05, 4.69) is 5.32 Å². The van der Waals surface area contributed by atoms with Gasteiger partial charge in [0.15, 0.2) is 0 Å². The van der Waals surface area contributed by atoms with Gasteiger partial charge in [0.1, 0.15) is 11.4 Å². The first kappa shape index (κ1) is 20.9. The molecular formula is C21H25N3O4S. The predicted octanol–water partition coefficient (Wildman–Crippen LogP) is 3.35. The van der Waals surface area contributed by atoms with Crippen LogP contribution in [0.1, 0.15) is 31.4 Å². The van der Waals surface area contributed by atoms with Crippen LogP contribution in [0.25, 0.3) is 0 Å². The second-order valence-corrected chi connectivity index (χ2v) is 9.08. The normalized spacial score (nSPS) is 16.3. The Kier molecular flexibility index (Phi) is 5.66. The van der Waals surface area contributed by atoms with Crippen LogP contribution in [-0.2, 0) is 14.8 Å². The van der Waals surface area contributed by atoms with Gasteiger partial charge in [0.25, 0.3) is 10.0 Å². The van der Waals surface area contributed by atoms with E-state index in [4.69, 9.17) is 0 Å². The van der Waals surface area contributed by atoms with E-state index in [0.29, 0.717) is 0 Å². The molecule has 2 aromatic carbocycles. The number of rotatable bonds is 5. The Balaban J connectivity index is 2.10. The molecule has 0 aliphatic carbocycles. The van der Waals surface area contributed by atoms with Crippen LogP contribution in [0.5, 0.6) is 0 Å². The fourth-order valence-corrected chi connectivity index (χ4v) is 4.93. The fourth-order valence-electron chi connectivity index (χ4n) is 3.35. The number of amides is 3. The first-order valence-corrected chi connectivity index (χ1v) is 10.9. The van der Waals surface area contributed by atoms with Crippen LogP contribution in [0.15, 0.2) is 47.4 Å². The topological polar surface area (TPSA) is 86.8 Å². The smallest absolute Gasteiger partial charge is 0.343 e. The summed E-state index contributed by atoms with van der Waals surface area (Å²) >= 11 is 0. The number of carbonyl (C=O) groups excluding carboxylic acids is 2. The van der Waals surface area contributed by atoms with Crippen molar-refractivity contribution in [3.63, 3.8) is 0 Å². The number of benzene rings is 2. The van der Waals surface area contributed by atoms with Gasteiger partial charge in [-0.05, 0) is 62.6 Å². The zero-order chi connectivity index (χ0) is 21.3. The molecule has 29 heavy (non-hydrogen) atoms. The van der Waals surface area contributed by atoms with Gasteiger partial charge in [-0.2, -0.15) is 4.31 Å². The van der Waals surface area contributed by atoms with Crippen molar-refractivity contribution in [2.24, 2.45) is 0 Å². The highest BCUT2D eigenvalue weighted by atomic mass is 32.2. The molecule has 1 aliphatic rings. The van der Waals surface area contributed by atoms with Gasteiger partial charge in [0.05, 0.1) is 11.4 Å². The van der Waals surface area contributed by atoms with Crippen molar-refractivity contribution < 1.29 is 18.0 Å². The van der Waals surface area contributed by atoms with Crippen molar-refractivity contribution in [1.82, 2.24) is 5.32 Å². The largest absolute Gasteiger partial charge is 0.352 e. The van der Waals surface area contributed by atoms with Gasteiger partial charge in [-0.3, -0.25) is 9.69 Å². The lowest BCUT2D eigenvalue weighted by molar-refractivity contribution is -0.120. The Hall–Kier alpha value is -2.87. The third-order valence-electron chi connectivity index (χ3n) is 4.84. The highest BCUT2D eigenvalue weighted by Crippen LogP contribution is 2.37. The van der Waals surface area contributed by atoms with Crippen molar-refractivity contribution >= 4 is 33.3 Å². The van der Waals surface area contributed by atoms with Gasteiger partial charge in [0, 0.05) is 6.04 Å². The Labute approximate surface area is 171 Å². The number of hydrogen-bond donors (Lipinski definition) is 1. The van der Waals surface area contributed by atoms with E-state index in [1.807, 2.05) is 33.8 Å². The Morgan fingerprint density at radius 1 is 1.10 bits per heavy atom. The van der Waals surface area contributed by atoms with Gasteiger partial charge in [0.2, 0.25) is 5.91 Å². The Morgan fingerprint density at radius 3 is 2.34 bits per heavy atom. The molecule has 0 fully saturated rings. The first-order chi connectivity index (χ1) is 13.6. The van der Waals surface area contributed by atoms with Crippen LogP contribution in [0.4, 0.5) is 16.2 Å². The molecular weight excluding hydrogens is 390 g/mol. The maximum absolute atomic E-state index is 13.3. The van der Waals surface area contributed by atoms with Crippen LogP contribution in [0.3, 0.4) is 0 Å². The summed E-state index contributed by atoms with van der Waals surface area (Å²) in [6.45, 7) is 7.22. The minimum atomic E-state index is -4.10. The highest BCUT2D eigenvalue weighted by Gasteiger charge is 2.43. The maximum atomic E-state index is 13.3. The summed E-state index contributed by atoms with van der Waals surface area (Å²) in [6.07, 6.45) is 0.749. The summed E-state index contributed by atoms with van der Waals surface area (Å²) in [6, 6.07) is 10.6. The number of nitrogens with zero attached hydrogens (tertiary/aromatic N) is 2. The lowest BCUT2D eigenvalue weighted by Crippen LogP contribution is -2.54. The number of urea groups is 1. The van der Waals surface area contributed by atoms with Crippen LogP contribution in [-0.4, -0.2) is 32.9 Å². The molecule has 2 aromatic rings. The van der Waals surface area contributed by atoms with Crippen molar-refractivity contribution in [3.8, 4) is 0 Å². The third kappa shape index (κ3) is 3.98. The molecule has 1 aliphatic heterocycles. The second-order valence-electron chi connectivity index (χ2n) is 7.33. The van der Waals surface area contributed by atoms with Gasteiger partial charge in [-0.25, -0.2) is 13.2 Å². The molecule has 3 rings (SSSR count). The summed E-state index contributed by atoms with van der Waals surface area (Å²) in [5, 5.41) is 2.82. The van der Waals surface area contributed by atoms with Gasteiger partial charge < -0.3 is 5.32 Å². The van der Waals surface area contributed by atoms with Gasteiger partial charge in [-0.15, -0.1) is 0 Å². The number of nitrogens with one attached hydrogen (secondary N) is 1. The minimum Gasteiger partial charge on any atom is -0.352 e. The molecule has 7 nitrogen and oxygen atoms in total. The molecule has 0 radical (unpaired) electrons. The summed E-state index contributed by atoms with van der Waals surface area (Å²) in [5.41, 5.74) is 2.14. The fraction of sp³-hybridized carbons (Fsp3) is 0.333. The molecule has 1 N–H and O–H groups in total. The third-order valence-corrected chi connectivity index (χ3v) is 6.59. The van der Waals surface area contributed by atoms with E-state index >= 15 is 0 Å². The number of aryl methyl sites for hydroxylation is 2. The van der Waals surface area contributed by atoms with Crippen LogP contribution < -0.4 is 14.5 Å². The Bertz CT molecular complexity index is 1050. The summed E-state index contributed by atoms with van der Waals surface area (Å²) < 4.78 is 27.3. The molecule has 1 atom stereocenters. The number of anilines is 2. The minimum absolute atomic E-state index is 0.00454. The van der Waals surface area contributed by atoms with E-state index < -0.39 is 16.1 Å². The number of fused-ring (bicyclic) bond motifs is 1. The lowest BCUT2D eigenvalue weighted by Gasteiger charge is -2.36. The SMILES string of the molecule is CC[C@H](C)NC(=O)CN1C(=O)N(c2cc(C)cc(C)c2)S(=O)(=O)c2ccccc21. The summed E-state index contributed by atoms with van der Waals surface area (Å²) in [4.78, 5) is 27.0. The van der Waals surface area contributed by atoms with E-state index in [1.165, 1.54) is 11.0 Å². The van der Waals surface area contributed by atoms with Crippen LogP contribution >= 0.6 is 0 Å². The molecule has 0 saturated carbocycles. The van der Waals surface area contributed by atoms with Crippen LogP contribution in [0, 0.1) is 13.8 Å². The van der Waals surface area contributed by atoms with E-state index in [0.717, 1.165) is 21.9 Å². The van der Waals surface area contributed by atoms with Gasteiger partial charge >= 0.3 is 6.03 Å². The van der Waals surface area contributed by atoms with E-state index in [1.54, 1.807) is 30.3 Å². The summed E-state index contributed by atoms with van der Waals surface area (Å²) in [5.74, 6) is -0.345. The molecule has 0 saturated heterocycles. The van der Waals surface area contributed by atoms with Crippen LogP contribution in [0.2, 0.25) is 0 Å². The molecule has 1 heterocycles. The summed E-state index contributed by atoms with van der Waals surface area (Å²) in [7, 11) is -4.10. The van der Waals surface area contributed by atoms with Crippen molar-refractivity contribution in [1.29, 1.82) is 0 Å². The number of sulfonamides is 1. The highest BCUT2D eigenvalue weighted by molar-refractivity contribution is 7.94. The first-order valence-electron chi connectivity index (χ1n) is 9.48. The van der Waals surface area contributed by atoms with Crippen molar-refractivity contribution in [2.45, 2.75) is 45.1 Å². The quantitative estimate of drug-likeness (QED) is 0.811. The molecule has 154 valence electrons. The molecule has 0 bridgehead atoms.